The van der Waals surface area contributed by atoms with Crippen molar-refractivity contribution in [3.63, 3.8) is 0 Å². The molecule has 12 heavy (non-hydrogen) atoms. The van der Waals surface area contributed by atoms with Crippen molar-refractivity contribution in [3.8, 4) is 0 Å². The highest BCUT2D eigenvalue weighted by molar-refractivity contribution is 5.86. The van der Waals surface area contributed by atoms with E-state index in [0.29, 0.717) is 0 Å². The molecule has 0 atom stereocenters. The highest BCUT2D eigenvalue weighted by atomic mass is 19.3. The van der Waals surface area contributed by atoms with Crippen LogP contribution in [0.15, 0.2) is 12.2 Å². The molecular weight excluding hydrogens is 168 g/mol. The Morgan fingerprint density at radius 1 is 1.67 bits per heavy atom. The SMILES string of the molecule is C=C(CNCC(C)(F)F)C(=O)O. The maximum atomic E-state index is 12.1. The van der Waals surface area contributed by atoms with Crippen LogP contribution < -0.4 is 5.32 Å². The predicted octanol–water partition coefficient (Wildman–Crippen LogP) is 0.872. The van der Waals surface area contributed by atoms with E-state index in [1.807, 2.05) is 0 Å². The van der Waals surface area contributed by atoms with Gasteiger partial charge in [-0.05, 0) is 0 Å². The molecule has 0 bridgehead atoms. The van der Waals surface area contributed by atoms with Gasteiger partial charge in [-0.3, -0.25) is 0 Å². The summed E-state index contributed by atoms with van der Waals surface area (Å²) < 4.78 is 24.3. The molecule has 0 aliphatic rings. The Labute approximate surface area is 69.1 Å². The zero-order valence-electron chi connectivity index (χ0n) is 6.73. The van der Waals surface area contributed by atoms with Gasteiger partial charge in [0.15, 0.2) is 0 Å². The molecule has 0 aromatic heterocycles. The maximum Gasteiger partial charge on any atom is 0.332 e. The zero-order valence-corrected chi connectivity index (χ0v) is 6.73. The van der Waals surface area contributed by atoms with Crippen molar-refractivity contribution >= 4 is 5.97 Å². The van der Waals surface area contributed by atoms with Gasteiger partial charge < -0.3 is 10.4 Å². The van der Waals surface area contributed by atoms with Crippen LogP contribution in [0.5, 0.6) is 0 Å². The summed E-state index contributed by atoms with van der Waals surface area (Å²) in [5.41, 5.74) is -0.126. The first-order chi connectivity index (χ1) is 5.33. The summed E-state index contributed by atoms with van der Waals surface area (Å²) in [7, 11) is 0. The summed E-state index contributed by atoms with van der Waals surface area (Å²) in [6.07, 6.45) is 0. The number of aliphatic carboxylic acids is 1. The fraction of sp³-hybridized carbons (Fsp3) is 0.571. The number of alkyl halides is 2. The quantitative estimate of drug-likeness (QED) is 0.616. The molecule has 0 spiro atoms. The minimum absolute atomic E-state index is 0.126. The van der Waals surface area contributed by atoms with Gasteiger partial charge >= 0.3 is 5.97 Å². The lowest BCUT2D eigenvalue weighted by Gasteiger charge is -2.10. The molecule has 0 rings (SSSR count). The lowest BCUT2D eigenvalue weighted by atomic mass is 10.3. The van der Waals surface area contributed by atoms with Gasteiger partial charge in [0.25, 0.3) is 5.92 Å². The van der Waals surface area contributed by atoms with Crippen LogP contribution in [0.3, 0.4) is 0 Å². The van der Waals surface area contributed by atoms with Crippen LogP contribution in [0.1, 0.15) is 6.92 Å². The average molecular weight is 179 g/mol. The molecule has 0 amide bonds. The van der Waals surface area contributed by atoms with Gasteiger partial charge in [-0.2, -0.15) is 0 Å². The highest BCUT2D eigenvalue weighted by Gasteiger charge is 2.20. The fourth-order valence-corrected chi connectivity index (χ4v) is 0.508. The zero-order chi connectivity index (χ0) is 9.78. The molecule has 0 unspecified atom stereocenters. The highest BCUT2D eigenvalue weighted by Crippen LogP contribution is 2.08. The second kappa shape index (κ2) is 4.15. The molecule has 0 fully saturated rings. The standard InChI is InChI=1S/C7H11F2NO2/c1-5(6(11)12)3-10-4-7(2,8)9/h10H,1,3-4H2,2H3,(H,11,12). The average Bonchev–Trinajstić information content (AvgIpc) is 1.84. The molecule has 0 saturated carbocycles. The smallest absolute Gasteiger partial charge is 0.332 e. The van der Waals surface area contributed by atoms with Crippen molar-refractivity contribution in [3.05, 3.63) is 12.2 Å². The van der Waals surface area contributed by atoms with E-state index in [2.05, 4.69) is 11.9 Å². The second-order valence-electron chi connectivity index (χ2n) is 2.58. The molecule has 0 aromatic carbocycles. The largest absolute Gasteiger partial charge is 0.478 e. The number of carboxylic acids is 1. The van der Waals surface area contributed by atoms with E-state index < -0.39 is 18.4 Å². The van der Waals surface area contributed by atoms with Crippen molar-refractivity contribution in [2.45, 2.75) is 12.8 Å². The second-order valence-corrected chi connectivity index (χ2v) is 2.58. The van der Waals surface area contributed by atoms with Crippen LogP contribution in [0.2, 0.25) is 0 Å². The lowest BCUT2D eigenvalue weighted by molar-refractivity contribution is -0.132. The summed E-state index contributed by atoms with van der Waals surface area (Å²) in [6, 6.07) is 0. The molecule has 2 N–H and O–H groups in total. The summed E-state index contributed by atoms with van der Waals surface area (Å²) in [5.74, 6) is -4.00. The number of carbonyl (C=O) groups is 1. The first kappa shape index (κ1) is 11.0. The molecule has 5 heteroatoms. The molecule has 0 radical (unpaired) electrons. The predicted molar refractivity (Wildman–Crippen MR) is 40.3 cm³/mol. The van der Waals surface area contributed by atoms with E-state index in [1.165, 1.54) is 0 Å². The van der Waals surface area contributed by atoms with Crippen LogP contribution in [0.25, 0.3) is 0 Å². The molecule has 3 nitrogen and oxygen atoms in total. The van der Waals surface area contributed by atoms with Gasteiger partial charge in [0, 0.05) is 19.0 Å². The molecule has 0 heterocycles. The van der Waals surface area contributed by atoms with Gasteiger partial charge in [-0.1, -0.05) is 6.58 Å². The van der Waals surface area contributed by atoms with Crippen molar-refractivity contribution in [2.75, 3.05) is 13.1 Å². The lowest BCUT2D eigenvalue weighted by Crippen LogP contribution is -2.32. The fourth-order valence-electron chi connectivity index (χ4n) is 0.508. The van der Waals surface area contributed by atoms with E-state index in [1.54, 1.807) is 0 Å². The summed E-state index contributed by atoms with van der Waals surface area (Å²) in [4.78, 5) is 10.1. The number of carboxylic acid groups (broad SMARTS) is 1. The maximum absolute atomic E-state index is 12.1. The van der Waals surface area contributed by atoms with E-state index in [-0.39, 0.29) is 12.1 Å². The molecule has 0 saturated heterocycles. The van der Waals surface area contributed by atoms with Crippen molar-refractivity contribution in [1.82, 2.24) is 5.32 Å². The van der Waals surface area contributed by atoms with E-state index in [9.17, 15) is 13.6 Å². The third-order valence-electron chi connectivity index (χ3n) is 1.08. The Bertz CT molecular complexity index is 186. The Hall–Kier alpha value is -0.970. The number of rotatable bonds is 5. The van der Waals surface area contributed by atoms with Crippen LogP contribution in [-0.4, -0.2) is 30.1 Å². The number of hydrogen-bond acceptors (Lipinski definition) is 2. The molecule has 0 aliphatic heterocycles. The molecule has 70 valence electrons. The van der Waals surface area contributed by atoms with Crippen LogP contribution >= 0.6 is 0 Å². The summed E-state index contributed by atoms with van der Waals surface area (Å²) in [5, 5.41) is 10.6. The molecular formula is C7H11F2NO2. The van der Waals surface area contributed by atoms with E-state index in [4.69, 9.17) is 5.11 Å². The Balaban J connectivity index is 3.58. The van der Waals surface area contributed by atoms with Crippen LogP contribution in [0, 0.1) is 0 Å². The number of halogens is 2. The summed E-state index contributed by atoms with van der Waals surface area (Å²) >= 11 is 0. The van der Waals surface area contributed by atoms with Gasteiger partial charge in [-0.25, -0.2) is 13.6 Å². The van der Waals surface area contributed by atoms with Gasteiger partial charge in [0.2, 0.25) is 0 Å². The Morgan fingerprint density at radius 3 is 2.50 bits per heavy atom. The van der Waals surface area contributed by atoms with Crippen molar-refractivity contribution in [2.24, 2.45) is 0 Å². The topological polar surface area (TPSA) is 49.3 Å². The van der Waals surface area contributed by atoms with E-state index >= 15 is 0 Å². The van der Waals surface area contributed by atoms with Crippen molar-refractivity contribution in [1.29, 1.82) is 0 Å². The molecule has 0 aliphatic carbocycles. The molecule has 0 aromatic rings. The van der Waals surface area contributed by atoms with Crippen LogP contribution in [0.4, 0.5) is 8.78 Å². The normalized spacial score (nSPS) is 11.2. The Morgan fingerprint density at radius 2 is 2.17 bits per heavy atom. The number of nitrogens with one attached hydrogen (secondary N) is 1. The summed E-state index contributed by atoms with van der Waals surface area (Å²) in [6.45, 7) is 3.25. The minimum Gasteiger partial charge on any atom is -0.478 e. The van der Waals surface area contributed by atoms with E-state index in [0.717, 1.165) is 6.92 Å². The third-order valence-corrected chi connectivity index (χ3v) is 1.08. The Kier molecular flexibility index (Phi) is 3.82. The van der Waals surface area contributed by atoms with Crippen LogP contribution in [-0.2, 0) is 4.79 Å². The van der Waals surface area contributed by atoms with Gasteiger partial charge in [0.05, 0.1) is 6.54 Å². The monoisotopic (exact) mass is 179 g/mol. The minimum atomic E-state index is -2.82. The van der Waals surface area contributed by atoms with Gasteiger partial charge in [-0.15, -0.1) is 0 Å². The first-order valence-corrected chi connectivity index (χ1v) is 3.32. The third kappa shape index (κ3) is 5.79. The first-order valence-electron chi connectivity index (χ1n) is 3.32. The number of hydrogen-bond donors (Lipinski definition) is 2. The van der Waals surface area contributed by atoms with Crippen molar-refractivity contribution < 1.29 is 18.7 Å². The van der Waals surface area contributed by atoms with Gasteiger partial charge in [0.1, 0.15) is 0 Å².